The second kappa shape index (κ2) is 19.9. The number of aliphatic hydroxyl groups excluding tert-OH is 2. The van der Waals surface area contributed by atoms with E-state index >= 15 is 0 Å². The normalized spacial score (nSPS) is 19.8. The Bertz CT molecular complexity index is 1450. The van der Waals surface area contributed by atoms with Crippen molar-refractivity contribution in [3.8, 4) is 0 Å². The van der Waals surface area contributed by atoms with Crippen molar-refractivity contribution in [1.29, 1.82) is 0 Å². The third kappa shape index (κ3) is 14.4. The van der Waals surface area contributed by atoms with Crippen LogP contribution in [0.1, 0.15) is 63.1 Å². The zero-order valence-corrected chi connectivity index (χ0v) is 29.6. The van der Waals surface area contributed by atoms with Gasteiger partial charge in [0.05, 0.1) is 18.2 Å². The Labute approximate surface area is 299 Å². The third-order valence-corrected chi connectivity index (χ3v) is 8.45. The van der Waals surface area contributed by atoms with Crippen LogP contribution in [-0.2, 0) is 43.1 Å². The number of carbonyl (C=O) groups is 5. The van der Waals surface area contributed by atoms with Gasteiger partial charge < -0.3 is 47.1 Å². The maximum atomic E-state index is 13.8. The first-order chi connectivity index (χ1) is 24.1. The fourth-order valence-electron chi connectivity index (χ4n) is 5.82. The molecule has 280 valence electrons. The third-order valence-electron chi connectivity index (χ3n) is 8.45. The fourth-order valence-corrected chi connectivity index (χ4v) is 5.82. The number of Topliss-reactive ketones (excluding diaryl/α,β-unsaturated/α-hetero) is 2. The maximum Gasteiger partial charge on any atom is 0.407 e. The Balaban J connectivity index is 1.68. The summed E-state index contributed by atoms with van der Waals surface area (Å²) in [6.07, 6.45) is -3.81. The van der Waals surface area contributed by atoms with Crippen molar-refractivity contribution < 1.29 is 43.7 Å². The number of benzene rings is 2. The van der Waals surface area contributed by atoms with Gasteiger partial charge >= 0.3 is 12.1 Å². The summed E-state index contributed by atoms with van der Waals surface area (Å²) >= 11 is 0. The second-order valence-electron chi connectivity index (χ2n) is 13.9. The maximum absolute atomic E-state index is 13.8. The first-order valence-electron chi connectivity index (χ1n) is 17.3. The molecule has 0 radical (unpaired) electrons. The van der Waals surface area contributed by atoms with E-state index in [1.54, 1.807) is 20.8 Å². The molecule has 2 aromatic carbocycles. The molecule has 1 saturated heterocycles. The highest BCUT2D eigenvalue weighted by Gasteiger charge is 2.43. The molecule has 1 aliphatic heterocycles. The minimum atomic E-state index is -1.29. The number of aliphatic hydroxyl groups is 2. The summed E-state index contributed by atoms with van der Waals surface area (Å²) in [7, 11) is 0. The first kappa shape index (κ1) is 41.1. The lowest BCUT2D eigenvalue weighted by Crippen LogP contribution is -2.45. The standard InChI is InChI=1S/C37H53N5O9/c1-37(2,3)51-36(49)41-17-15-23-11-13-25(14-12-23)19-29(44)28(10-7-16-40-35(39)48)42-34(47)26(18-24-8-5-4-6-9-24)20-27(43)21-30-32(45)33(46)31(22-38)50-30/h4-6,8-9,11-14,26,28,30-33,45-46H,7,10,15-22,38H2,1-3H3,(H,41,49)(H,42,47)(H3,39,40,48)/t26-,28?,30-,31+,32?,33?/m0/s1. The minimum absolute atomic E-state index is 0.0223. The highest BCUT2D eigenvalue weighted by Crippen LogP contribution is 2.25. The Morgan fingerprint density at radius 1 is 0.882 bits per heavy atom. The van der Waals surface area contributed by atoms with Crippen molar-refractivity contribution in [2.24, 2.45) is 17.4 Å². The van der Waals surface area contributed by atoms with E-state index in [4.69, 9.17) is 20.9 Å². The molecule has 0 spiro atoms. The van der Waals surface area contributed by atoms with Gasteiger partial charge in [-0.3, -0.25) is 14.4 Å². The molecule has 4 amide bonds. The largest absolute Gasteiger partial charge is 0.444 e. The van der Waals surface area contributed by atoms with Gasteiger partial charge in [0.15, 0.2) is 5.78 Å². The molecule has 14 heteroatoms. The van der Waals surface area contributed by atoms with Crippen molar-refractivity contribution in [1.82, 2.24) is 16.0 Å². The van der Waals surface area contributed by atoms with Gasteiger partial charge in [0.2, 0.25) is 5.91 Å². The van der Waals surface area contributed by atoms with Crippen LogP contribution < -0.4 is 27.4 Å². The fraction of sp³-hybridized carbons (Fsp3) is 0.541. The van der Waals surface area contributed by atoms with Gasteiger partial charge in [-0.25, -0.2) is 9.59 Å². The van der Waals surface area contributed by atoms with E-state index < -0.39 is 60.0 Å². The van der Waals surface area contributed by atoms with Gasteiger partial charge in [0, 0.05) is 44.8 Å². The van der Waals surface area contributed by atoms with Crippen LogP contribution in [-0.4, -0.2) is 95.5 Å². The van der Waals surface area contributed by atoms with E-state index in [-0.39, 0.29) is 56.8 Å². The number of ether oxygens (including phenoxy) is 2. The van der Waals surface area contributed by atoms with E-state index in [9.17, 15) is 34.2 Å². The molecular formula is C37H53N5O9. The molecule has 1 heterocycles. The van der Waals surface area contributed by atoms with Crippen molar-refractivity contribution in [3.05, 3.63) is 71.3 Å². The molecule has 0 aliphatic carbocycles. The van der Waals surface area contributed by atoms with Gasteiger partial charge in [0.1, 0.15) is 23.6 Å². The molecule has 6 atom stereocenters. The summed E-state index contributed by atoms with van der Waals surface area (Å²) < 4.78 is 10.8. The lowest BCUT2D eigenvalue weighted by molar-refractivity contribution is -0.133. The van der Waals surface area contributed by atoms with Gasteiger partial charge in [-0.15, -0.1) is 0 Å². The number of rotatable bonds is 19. The monoisotopic (exact) mass is 711 g/mol. The van der Waals surface area contributed by atoms with E-state index in [0.717, 1.165) is 16.7 Å². The summed E-state index contributed by atoms with van der Waals surface area (Å²) in [5, 5.41) is 28.6. The molecule has 51 heavy (non-hydrogen) atoms. The molecular weight excluding hydrogens is 658 g/mol. The van der Waals surface area contributed by atoms with Crippen LogP contribution in [0, 0.1) is 5.92 Å². The van der Waals surface area contributed by atoms with E-state index in [2.05, 4.69) is 16.0 Å². The van der Waals surface area contributed by atoms with E-state index in [1.807, 2.05) is 54.6 Å². The summed E-state index contributed by atoms with van der Waals surface area (Å²) in [5.74, 6) is -1.94. The SMILES string of the molecule is CC(C)(C)OC(=O)NCCc1ccc(CC(=O)C(CCCNC(N)=O)NC(=O)[C@H](CC(=O)C[C@@H]2O[C@H](CN)C(O)C2O)Cc2ccccc2)cc1. The number of hydrogen-bond donors (Lipinski definition) is 7. The Morgan fingerprint density at radius 2 is 1.53 bits per heavy atom. The lowest BCUT2D eigenvalue weighted by Gasteiger charge is -2.23. The summed E-state index contributed by atoms with van der Waals surface area (Å²) in [6.45, 7) is 5.91. The molecule has 14 nitrogen and oxygen atoms in total. The summed E-state index contributed by atoms with van der Waals surface area (Å²) in [4.78, 5) is 63.9. The van der Waals surface area contributed by atoms with Crippen molar-refractivity contribution in [2.75, 3.05) is 19.6 Å². The average Bonchev–Trinajstić information content (AvgIpc) is 3.33. The van der Waals surface area contributed by atoms with Gasteiger partial charge in [-0.1, -0.05) is 54.6 Å². The second-order valence-corrected chi connectivity index (χ2v) is 13.9. The summed E-state index contributed by atoms with van der Waals surface area (Å²) in [5.41, 5.74) is 12.7. The zero-order chi connectivity index (χ0) is 37.6. The number of ketones is 2. The van der Waals surface area contributed by atoms with Gasteiger partial charge in [-0.2, -0.15) is 0 Å². The molecule has 0 saturated carbocycles. The highest BCUT2D eigenvalue weighted by molar-refractivity contribution is 5.93. The minimum Gasteiger partial charge on any atom is -0.444 e. The number of urea groups is 1. The lowest BCUT2D eigenvalue weighted by atomic mass is 9.90. The Kier molecular flexibility index (Phi) is 16.0. The van der Waals surface area contributed by atoms with Crippen molar-refractivity contribution in [3.63, 3.8) is 0 Å². The number of primary amides is 1. The smallest absolute Gasteiger partial charge is 0.407 e. The van der Waals surface area contributed by atoms with E-state index in [0.29, 0.717) is 19.4 Å². The van der Waals surface area contributed by atoms with E-state index in [1.165, 1.54) is 0 Å². The quantitative estimate of drug-likeness (QED) is 0.104. The topological polar surface area (TPSA) is 232 Å². The first-order valence-corrected chi connectivity index (χ1v) is 17.3. The number of amides is 4. The zero-order valence-electron chi connectivity index (χ0n) is 29.6. The number of alkyl carbamates (subject to hydrolysis) is 1. The number of nitrogens with one attached hydrogen (secondary N) is 3. The van der Waals surface area contributed by atoms with Crippen molar-refractivity contribution >= 4 is 29.6 Å². The van der Waals surface area contributed by atoms with Gasteiger partial charge in [0.25, 0.3) is 0 Å². The van der Waals surface area contributed by atoms with Crippen LogP contribution in [0.3, 0.4) is 0 Å². The van der Waals surface area contributed by atoms with Crippen molar-refractivity contribution in [2.45, 2.75) is 102 Å². The molecule has 2 aromatic rings. The molecule has 3 unspecified atom stereocenters. The molecule has 9 N–H and O–H groups in total. The molecule has 0 bridgehead atoms. The Hall–Kier alpha value is -4.37. The van der Waals surface area contributed by atoms with Crippen LogP contribution in [0.2, 0.25) is 0 Å². The van der Waals surface area contributed by atoms with Crippen LogP contribution in [0.4, 0.5) is 9.59 Å². The average molecular weight is 712 g/mol. The molecule has 1 aliphatic rings. The van der Waals surface area contributed by atoms with Gasteiger partial charge in [-0.05, 0) is 63.1 Å². The van der Waals surface area contributed by atoms with Crippen LogP contribution in [0.25, 0.3) is 0 Å². The predicted octanol–water partition coefficient (Wildman–Crippen LogP) is 1.45. The van der Waals surface area contributed by atoms with Crippen LogP contribution in [0.15, 0.2) is 54.6 Å². The molecule has 1 fully saturated rings. The van der Waals surface area contributed by atoms with Crippen LogP contribution >= 0.6 is 0 Å². The number of nitrogens with two attached hydrogens (primary N) is 2. The molecule has 3 rings (SSSR count). The number of carbonyl (C=O) groups excluding carboxylic acids is 5. The number of hydrogen-bond acceptors (Lipinski definition) is 10. The highest BCUT2D eigenvalue weighted by atomic mass is 16.6. The summed E-state index contributed by atoms with van der Waals surface area (Å²) in [6, 6.07) is 14.9. The molecule has 0 aromatic heterocycles. The predicted molar refractivity (Wildman–Crippen MR) is 189 cm³/mol. The van der Waals surface area contributed by atoms with Crippen LogP contribution in [0.5, 0.6) is 0 Å². The Morgan fingerprint density at radius 3 is 2.14 bits per heavy atom.